The average Bonchev–Trinajstić information content (AvgIpc) is 2.71. The Balaban J connectivity index is 2.35. The van der Waals surface area contributed by atoms with Gasteiger partial charge in [0.1, 0.15) is 5.82 Å². The molecule has 0 radical (unpaired) electrons. The molecule has 0 unspecified atom stereocenters. The van der Waals surface area contributed by atoms with Crippen molar-refractivity contribution in [1.29, 1.82) is 0 Å². The third-order valence-electron chi connectivity index (χ3n) is 3.12. The number of aromatic nitrogens is 3. The van der Waals surface area contributed by atoms with Crippen LogP contribution in [0.4, 0.5) is 5.82 Å². The fraction of sp³-hybridized carbons (Fsp3) is 0.357. The van der Waals surface area contributed by atoms with Crippen LogP contribution in [-0.2, 0) is 13.6 Å². The Hall–Kier alpha value is -2.17. The summed E-state index contributed by atoms with van der Waals surface area (Å²) >= 11 is 0. The monoisotopic (exact) mass is 258 g/mol. The molecular formula is C14H18N4O. The topological polar surface area (TPSA) is 51.0 Å². The van der Waals surface area contributed by atoms with Crippen LogP contribution in [0, 0.1) is 6.92 Å². The second-order valence-electron chi connectivity index (χ2n) is 4.40. The van der Waals surface area contributed by atoms with E-state index in [1.807, 2.05) is 32.2 Å². The number of aryl methyl sites for hydroxylation is 2. The highest BCUT2D eigenvalue weighted by molar-refractivity contribution is 5.84. The summed E-state index contributed by atoms with van der Waals surface area (Å²) in [6.07, 6.45) is 2.65. The second-order valence-corrected chi connectivity index (χ2v) is 4.40. The van der Waals surface area contributed by atoms with E-state index in [0.717, 1.165) is 30.0 Å². The highest BCUT2D eigenvalue weighted by Crippen LogP contribution is 2.22. The Morgan fingerprint density at radius 3 is 2.79 bits per heavy atom. The van der Waals surface area contributed by atoms with Gasteiger partial charge in [-0.15, -0.1) is 0 Å². The van der Waals surface area contributed by atoms with E-state index in [0.29, 0.717) is 12.1 Å². The number of anilines is 1. The van der Waals surface area contributed by atoms with Crippen LogP contribution >= 0.6 is 0 Å². The standard InChI is InChI=1S/C14H18N4O/c1-4-18(9-12-7-5-6-8-15-12)14-13(10-19)11(2)16-17(14)3/h5-8,10H,4,9H2,1-3H3. The van der Waals surface area contributed by atoms with Crippen molar-refractivity contribution in [3.8, 4) is 0 Å². The maximum atomic E-state index is 11.2. The summed E-state index contributed by atoms with van der Waals surface area (Å²) in [6, 6.07) is 5.84. The Bertz CT molecular complexity index is 562. The van der Waals surface area contributed by atoms with Gasteiger partial charge in [-0.2, -0.15) is 5.10 Å². The van der Waals surface area contributed by atoms with E-state index in [-0.39, 0.29) is 0 Å². The normalized spacial score (nSPS) is 10.5. The van der Waals surface area contributed by atoms with Crippen molar-refractivity contribution in [2.24, 2.45) is 7.05 Å². The molecule has 0 fully saturated rings. The first-order chi connectivity index (χ1) is 9.17. The minimum atomic E-state index is 0.653. The van der Waals surface area contributed by atoms with Crippen molar-refractivity contribution < 1.29 is 4.79 Å². The van der Waals surface area contributed by atoms with E-state index in [2.05, 4.69) is 21.9 Å². The third-order valence-corrected chi connectivity index (χ3v) is 3.12. The lowest BCUT2D eigenvalue weighted by atomic mass is 10.2. The Morgan fingerprint density at radius 2 is 2.21 bits per heavy atom. The maximum Gasteiger partial charge on any atom is 0.155 e. The first-order valence-electron chi connectivity index (χ1n) is 6.31. The van der Waals surface area contributed by atoms with Gasteiger partial charge >= 0.3 is 0 Å². The Morgan fingerprint density at radius 1 is 1.42 bits per heavy atom. The molecule has 0 aliphatic rings. The number of nitrogens with zero attached hydrogens (tertiary/aromatic N) is 4. The molecule has 0 aromatic carbocycles. The summed E-state index contributed by atoms with van der Waals surface area (Å²) < 4.78 is 1.76. The molecule has 0 amide bonds. The lowest BCUT2D eigenvalue weighted by Gasteiger charge is -2.23. The molecule has 0 spiro atoms. The predicted octanol–water partition coefficient (Wildman–Crippen LogP) is 1.96. The largest absolute Gasteiger partial charge is 0.351 e. The van der Waals surface area contributed by atoms with Gasteiger partial charge in [0.05, 0.1) is 23.5 Å². The Labute approximate surface area is 112 Å². The fourth-order valence-electron chi connectivity index (χ4n) is 2.20. The fourth-order valence-corrected chi connectivity index (χ4v) is 2.20. The van der Waals surface area contributed by atoms with Gasteiger partial charge in [0.15, 0.2) is 6.29 Å². The smallest absolute Gasteiger partial charge is 0.155 e. The Kier molecular flexibility index (Phi) is 3.94. The second kappa shape index (κ2) is 5.65. The molecule has 5 nitrogen and oxygen atoms in total. The minimum absolute atomic E-state index is 0.653. The van der Waals surface area contributed by atoms with Gasteiger partial charge in [-0.3, -0.25) is 14.5 Å². The van der Waals surface area contributed by atoms with Crippen molar-refractivity contribution in [2.45, 2.75) is 20.4 Å². The van der Waals surface area contributed by atoms with Crippen molar-refractivity contribution >= 4 is 12.1 Å². The van der Waals surface area contributed by atoms with Crippen LogP contribution < -0.4 is 4.90 Å². The van der Waals surface area contributed by atoms with Crippen molar-refractivity contribution in [1.82, 2.24) is 14.8 Å². The number of aldehydes is 1. The van der Waals surface area contributed by atoms with Gasteiger partial charge in [-0.1, -0.05) is 6.07 Å². The number of hydrogen-bond acceptors (Lipinski definition) is 4. The number of carbonyl (C=O) groups excluding carboxylic acids is 1. The molecule has 5 heteroatoms. The molecule has 0 atom stereocenters. The number of pyridine rings is 1. The highest BCUT2D eigenvalue weighted by atomic mass is 16.1. The summed E-state index contributed by atoms with van der Waals surface area (Å²) in [5.74, 6) is 0.848. The van der Waals surface area contributed by atoms with E-state index >= 15 is 0 Å². The molecule has 2 aromatic heterocycles. The van der Waals surface area contributed by atoms with Crippen molar-refractivity contribution in [3.05, 3.63) is 41.3 Å². The molecule has 0 N–H and O–H groups in total. The van der Waals surface area contributed by atoms with Crippen LogP contribution in [0.5, 0.6) is 0 Å². The number of hydrogen-bond donors (Lipinski definition) is 0. The number of carbonyl (C=O) groups is 1. The lowest BCUT2D eigenvalue weighted by molar-refractivity contribution is 0.112. The van der Waals surface area contributed by atoms with Crippen LogP contribution in [0.1, 0.15) is 28.7 Å². The van der Waals surface area contributed by atoms with E-state index in [1.165, 1.54) is 0 Å². The molecule has 0 saturated heterocycles. The first kappa shape index (κ1) is 13.3. The van der Waals surface area contributed by atoms with Crippen molar-refractivity contribution in [2.75, 3.05) is 11.4 Å². The van der Waals surface area contributed by atoms with Gasteiger partial charge in [0, 0.05) is 19.8 Å². The zero-order valence-corrected chi connectivity index (χ0v) is 11.5. The zero-order valence-electron chi connectivity index (χ0n) is 11.5. The molecule has 0 saturated carbocycles. The molecule has 19 heavy (non-hydrogen) atoms. The predicted molar refractivity (Wildman–Crippen MR) is 74.3 cm³/mol. The molecular weight excluding hydrogens is 240 g/mol. The van der Waals surface area contributed by atoms with E-state index in [1.54, 1.807) is 10.9 Å². The SMILES string of the molecule is CCN(Cc1ccccn1)c1c(C=O)c(C)nn1C. The molecule has 2 heterocycles. The first-order valence-corrected chi connectivity index (χ1v) is 6.31. The van der Waals surface area contributed by atoms with Crippen LogP contribution in [0.3, 0.4) is 0 Å². The van der Waals surface area contributed by atoms with E-state index in [4.69, 9.17) is 0 Å². The quantitative estimate of drug-likeness (QED) is 0.769. The summed E-state index contributed by atoms with van der Waals surface area (Å²) in [5.41, 5.74) is 2.38. The average molecular weight is 258 g/mol. The summed E-state index contributed by atoms with van der Waals surface area (Å²) in [4.78, 5) is 17.7. The van der Waals surface area contributed by atoms with Gasteiger partial charge in [-0.25, -0.2) is 0 Å². The molecule has 2 rings (SSSR count). The van der Waals surface area contributed by atoms with Crippen LogP contribution in [0.15, 0.2) is 24.4 Å². The molecule has 0 aliphatic heterocycles. The van der Waals surface area contributed by atoms with Gasteiger partial charge in [0.25, 0.3) is 0 Å². The highest BCUT2D eigenvalue weighted by Gasteiger charge is 2.18. The summed E-state index contributed by atoms with van der Waals surface area (Å²) in [7, 11) is 1.86. The van der Waals surface area contributed by atoms with Crippen LogP contribution in [0.25, 0.3) is 0 Å². The van der Waals surface area contributed by atoms with Gasteiger partial charge < -0.3 is 4.90 Å². The number of rotatable bonds is 5. The van der Waals surface area contributed by atoms with Gasteiger partial charge in [-0.05, 0) is 26.0 Å². The minimum Gasteiger partial charge on any atom is -0.351 e. The van der Waals surface area contributed by atoms with Gasteiger partial charge in [0.2, 0.25) is 0 Å². The molecule has 0 bridgehead atoms. The van der Waals surface area contributed by atoms with E-state index in [9.17, 15) is 4.79 Å². The lowest BCUT2D eigenvalue weighted by Crippen LogP contribution is -2.26. The maximum absolute atomic E-state index is 11.2. The zero-order chi connectivity index (χ0) is 13.8. The van der Waals surface area contributed by atoms with Crippen LogP contribution in [-0.4, -0.2) is 27.6 Å². The van der Waals surface area contributed by atoms with E-state index < -0.39 is 0 Å². The molecule has 0 aliphatic carbocycles. The molecule has 100 valence electrons. The van der Waals surface area contributed by atoms with Crippen molar-refractivity contribution in [3.63, 3.8) is 0 Å². The third kappa shape index (κ3) is 2.65. The van der Waals surface area contributed by atoms with Crippen LogP contribution in [0.2, 0.25) is 0 Å². The molecule has 2 aromatic rings. The summed E-state index contributed by atoms with van der Waals surface area (Å²) in [5, 5.41) is 4.32. The summed E-state index contributed by atoms with van der Waals surface area (Å²) in [6.45, 7) is 5.36.